The third kappa shape index (κ3) is 4.34. The molecule has 0 radical (unpaired) electrons. The van der Waals surface area contributed by atoms with Crippen molar-refractivity contribution in [2.24, 2.45) is 0 Å². The van der Waals surface area contributed by atoms with Crippen molar-refractivity contribution >= 4 is 52.6 Å². The number of fused-ring (bicyclic) bond motifs is 1. The second-order valence-electron chi connectivity index (χ2n) is 7.08. The van der Waals surface area contributed by atoms with E-state index in [0.29, 0.717) is 17.9 Å². The first-order valence-corrected chi connectivity index (χ1v) is 12.7. The maximum Gasteiger partial charge on any atom is 0.352 e. The Morgan fingerprint density at radius 2 is 2.19 bits per heavy atom. The fraction of sp³-hybridized carbons (Fsp3) is 0.350. The van der Waals surface area contributed by atoms with Gasteiger partial charge in [-0.2, -0.15) is 0 Å². The highest BCUT2D eigenvalue weighted by molar-refractivity contribution is 8.01. The summed E-state index contributed by atoms with van der Waals surface area (Å²) in [5, 5.41) is 14.2. The number of nitrogens with one attached hydrogen (secondary N) is 1. The number of aryl methyl sites for hydroxylation is 1. The van der Waals surface area contributed by atoms with E-state index in [2.05, 4.69) is 10.3 Å². The molecular weight excluding hydrogens is 472 g/mol. The molecule has 2 aliphatic rings. The van der Waals surface area contributed by atoms with Crippen LogP contribution in [0.25, 0.3) is 0 Å². The van der Waals surface area contributed by atoms with Gasteiger partial charge in [-0.05, 0) is 23.9 Å². The molecule has 4 rings (SSSR count). The van der Waals surface area contributed by atoms with Crippen LogP contribution in [0.5, 0.6) is 0 Å². The number of carbonyl (C=O) groups is 3. The van der Waals surface area contributed by atoms with Gasteiger partial charge in [0.1, 0.15) is 17.1 Å². The maximum atomic E-state index is 12.7. The number of carbonyl (C=O) groups excluding carboxylic acids is 2. The smallest absolute Gasteiger partial charge is 0.352 e. The van der Waals surface area contributed by atoms with Gasteiger partial charge < -0.3 is 15.0 Å². The minimum Gasteiger partial charge on any atom is -0.477 e. The molecule has 0 aromatic carbocycles. The van der Waals surface area contributed by atoms with E-state index in [0.717, 1.165) is 16.6 Å². The van der Waals surface area contributed by atoms with E-state index in [1.807, 2.05) is 24.4 Å². The fourth-order valence-electron chi connectivity index (χ4n) is 3.52. The molecule has 168 valence electrons. The summed E-state index contributed by atoms with van der Waals surface area (Å²) < 4.78 is 1.52. The molecule has 32 heavy (non-hydrogen) atoms. The van der Waals surface area contributed by atoms with Crippen molar-refractivity contribution in [2.75, 3.05) is 11.5 Å². The van der Waals surface area contributed by atoms with Crippen LogP contribution in [0.2, 0.25) is 0 Å². The highest BCUT2D eigenvalue weighted by atomic mass is 32.2. The molecule has 9 nitrogen and oxygen atoms in total. The molecular formula is C20H20N4O5S3. The Kier molecular flexibility index (Phi) is 6.72. The number of thiophene rings is 1. The van der Waals surface area contributed by atoms with Crippen LogP contribution in [0.15, 0.2) is 51.0 Å². The number of carboxylic acids is 1. The Labute approximate surface area is 195 Å². The van der Waals surface area contributed by atoms with E-state index in [4.69, 9.17) is 0 Å². The van der Waals surface area contributed by atoms with Crippen molar-refractivity contribution in [1.82, 2.24) is 19.8 Å². The summed E-state index contributed by atoms with van der Waals surface area (Å²) in [5.74, 6) is -1.29. The number of nitrogens with zero attached hydrogens (tertiary/aromatic N) is 3. The zero-order chi connectivity index (χ0) is 22.8. The monoisotopic (exact) mass is 492 g/mol. The average molecular weight is 493 g/mol. The molecule has 0 aliphatic carbocycles. The molecule has 0 unspecified atom stereocenters. The summed E-state index contributed by atoms with van der Waals surface area (Å²) >= 11 is 4.03. The summed E-state index contributed by atoms with van der Waals surface area (Å²) in [6.45, 7) is 2.36. The molecule has 0 spiro atoms. The van der Waals surface area contributed by atoms with E-state index in [1.54, 1.807) is 6.20 Å². The van der Waals surface area contributed by atoms with Crippen molar-refractivity contribution in [3.8, 4) is 0 Å². The Morgan fingerprint density at radius 1 is 1.38 bits per heavy atom. The van der Waals surface area contributed by atoms with Crippen molar-refractivity contribution in [3.05, 3.63) is 56.4 Å². The lowest BCUT2D eigenvalue weighted by Gasteiger charge is -2.49. The number of β-lactam (4-membered cyclic amide) rings is 1. The first-order chi connectivity index (χ1) is 15.4. The van der Waals surface area contributed by atoms with Crippen molar-refractivity contribution < 1.29 is 19.5 Å². The molecule has 2 amide bonds. The Balaban J connectivity index is 1.46. The largest absolute Gasteiger partial charge is 0.477 e. The lowest BCUT2D eigenvalue weighted by Crippen LogP contribution is -2.70. The van der Waals surface area contributed by atoms with Gasteiger partial charge in [-0.3, -0.25) is 19.3 Å². The number of carboxylic acid groups (broad SMARTS) is 1. The van der Waals surface area contributed by atoms with Crippen molar-refractivity contribution in [2.45, 2.75) is 36.3 Å². The Hall–Kier alpha value is -2.57. The SMILES string of the molecule is CCn1ccnc(SCC2=C(C(=O)O)N3C(=O)[C@@H](NC(=O)Cc4cccs4)[C@H]3SC2)c1=O. The van der Waals surface area contributed by atoms with Crippen LogP contribution in [-0.4, -0.2) is 60.3 Å². The molecule has 4 heterocycles. The summed E-state index contributed by atoms with van der Waals surface area (Å²) in [6.07, 6.45) is 3.32. The number of amides is 2. The minimum atomic E-state index is -1.20. The maximum absolute atomic E-state index is 12.7. The van der Waals surface area contributed by atoms with Gasteiger partial charge in [0.25, 0.3) is 11.5 Å². The summed E-state index contributed by atoms with van der Waals surface area (Å²) in [7, 11) is 0. The molecule has 2 aliphatic heterocycles. The van der Waals surface area contributed by atoms with Crippen LogP contribution in [0.1, 0.15) is 11.8 Å². The molecule has 2 atom stereocenters. The lowest BCUT2D eigenvalue weighted by molar-refractivity contribution is -0.150. The molecule has 12 heteroatoms. The van der Waals surface area contributed by atoms with Gasteiger partial charge in [-0.25, -0.2) is 9.78 Å². The molecule has 1 fully saturated rings. The lowest BCUT2D eigenvalue weighted by atomic mass is 10.0. The highest BCUT2D eigenvalue weighted by Gasteiger charge is 2.54. The molecule has 2 aromatic heterocycles. The van der Waals surface area contributed by atoms with Gasteiger partial charge in [0, 0.05) is 35.3 Å². The van der Waals surface area contributed by atoms with Crippen molar-refractivity contribution in [1.29, 1.82) is 0 Å². The van der Waals surface area contributed by atoms with Gasteiger partial charge in [-0.15, -0.1) is 23.1 Å². The number of hydrogen-bond acceptors (Lipinski definition) is 8. The number of aromatic nitrogens is 2. The van der Waals surface area contributed by atoms with Crippen LogP contribution in [0.3, 0.4) is 0 Å². The van der Waals surface area contributed by atoms with Gasteiger partial charge in [0.05, 0.1) is 6.42 Å². The van der Waals surface area contributed by atoms with E-state index in [-0.39, 0.29) is 34.4 Å². The van der Waals surface area contributed by atoms with Gasteiger partial charge >= 0.3 is 5.97 Å². The number of aliphatic carboxylic acids is 1. The number of thioether (sulfide) groups is 2. The molecule has 2 aromatic rings. The third-order valence-electron chi connectivity index (χ3n) is 5.09. The van der Waals surface area contributed by atoms with Gasteiger partial charge in [0.15, 0.2) is 5.03 Å². The third-order valence-corrected chi connectivity index (χ3v) is 8.35. The first-order valence-electron chi connectivity index (χ1n) is 9.80. The Bertz CT molecular complexity index is 1140. The quantitative estimate of drug-likeness (QED) is 0.419. The predicted octanol–water partition coefficient (Wildman–Crippen LogP) is 1.40. The first kappa shape index (κ1) is 22.6. The van der Waals surface area contributed by atoms with Gasteiger partial charge in [0.2, 0.25) is 5.91 Å². The summed E-state index contributed by atoms with van der Waals surface area (Å²) in [4.78, 5) is 55.6. The minimum absolute atomic E-state index is 0.0678. The van der Waals surface area contributed by atoms with Crippen molar-refractivity contribution in [3.63, 3.8) is 0 Å². The zero-order valence-corrected chi connectivity index (χ0v) is 19.5. The van der Waals surface area contributed by atoms with E-state index < -0.39 is 23.3 Å². The Morgan fingerprint density at radius 3 is 2.88 bits per heavy atom. The average Bonchev–Trinajstić information content (AvgIpc) is 3.28. The number of rotatable bonds is 8. The topological polar surface area (TPSA) is 122 Å². The van der Waals surface area contributed by atoms with Crippen LogP contribution in [-0.2, 0) is 27.3 Å². The molecule has 0 bridgehead atoms. The van der Waals surface area contributed by atoms with Crippen LogP contribution in [0.4, 0.5) is 0 Å². The van der Waals surface area contributed by atoms with Crippen LogP contribution < -0.4 is 10.9 Å². The molecule has 1 saturated heterocycles. The van der Waals surface area contributed by atoms with Gasteiger partial charge in [-0.1, -0.05) is 17.8 Å². The van der Waals surface area contributed by atoms with E-state index in [1.165, 1.54) is 38.8 Å². The second kappa shape index (κ2) is 9.51. The van der Waals surface area contributed by atoms with E-state index in [9.17, 15) is 24.3 Å². The molecule has 2 N–H and O–H groups in total. The van der Waals surface area contributed by atoms with Crippen LogP contribution >= 0.6 is 34.9 Å². The standard InChI is InChI=1S/C20H20N4O5S3/c1-2-23-6-5-21-16(18(23)27)31-9-11-10-32-19-14(17(26)24(19)15(11)20(28)29)22-13(25)8-12-4-3-7-30-12/h3-7,14,19H,2,8-10H2,1H3,(H,22,25)(H,28,29)/t14-,19-/m1/s1. The summed E-state index contributed by atoms with van der Waals surface area (Å²) in [6, 6.07) is 2.95. The summed E-state index contributed by atoms with van der Waals surface area (Å²) in [5.41, 5.74) is 0.252. The predicted molar refractivity (Wildman–Crippen MR) is 123 cm³/mol. The fourth-order valence-corrected chi connectivity index (χ4v) is 6.63. The highest BCUT2D eigenvalue weighted by Crippen LogP contribution is 2.41. The normalized spacial score (nSPS) is 20.0. The van der Waals surface area contributed by atoms with E-state index >= 15 is 0 Å². The second-order valence-corrected chi connectivity index (χ2v) is 10.2. The molecule has 0 saturated carbocycles. The van der Waals surface area contributed by atoms with Crippen LogP contribution in [0, 0.1) is 0 Å². The zero-order valence-electron chi connectivity index (χ0n) is 17.0. The number of hydrogen-bond donors (Lipinski definition) is 2.